The molecule has 0 unspecified atom stereocenters. The molecule has 1 saturated heterocycles. The molecule has 1 amide bonds. The van der Waals surface area contributed by atoms with Crippen LogP contribution >= 0.6 is 27.3 Å². The van der Waals surface area contributed by atoms with E-state index in [4.69, 9.17) is 9.84 Å². The van der Waals surface area contributed by atoms with Gasteiger partial charge in [-0.15, -0.1) is 11.3 Å². The fourth-order valence-corrected chi connectivity index (χ4v) is 4.86. The first-order valence-electron chi connectivity index (χ1n) is 10.6. The van der Waals surface area contributed by atoms with E-state index in [2.05, 4.69) is 31.1 Å². The summed E-state index contributed by atoms with van der Waals surface area (Å²) in [6, 6.07) is 10.8. The number of carbonyl (C=O) groups is 1. The van der Waals surface area contributed by atoms with Crippen LogP contribution in [0.15, 0.2) is 51.9 Å². The van der Waals surface area contributed by atoms with Crippen LogP contribution in [0.5, 0.6) is 5.75 Å². The third-order valence-electron chi connectivity index (χ3n) is 5.55. The highest BCUT2D eigenvalue weighted by molar-refractivity contribution is 9.11. The number of rotatable bonds is 6. The number of thiazole rings is 1. The van der Waals surface area contributed by atoms with Crippen LogP contribution in [0.25, 0.3) is 22.0 Å². The maximum Gasteiger partial charge on any atom is 0.275 e. The van der Waals surface area contributed by atoms with Crippen LogP contribution in [0.2, 0.25) is 0 Å². The number of nitrogens with zero attached hydrogens (tertiary/aromatic N) is 4. The molecule has 1 aliphatic rings. The molecule has 33 heavy (non-hydrogen) atoms. The van der Waals surface area contributed by atoms with E-state index in [1.54, 1.807) is 23.6 Å². The van der Waals surface area contributed by atoms with Gasteiger partial charge in [0.2, 0.25) is 0 Å². The normalized spacial score (nSPS) is 14.6. The molecule has 0 spiro atoms. The minimum atomic E-state index is -0.294. The summed E-state index contributed by atoms with van der Waals surface area (Å²) in [5, 5.41) is 20.4. The lowest BCUT2D eigenvalue weighted by Crippen LogP contribution is -2.38. The van der Waals surface area contributed by atoms with Gasteiger partial charge in [-0.3, -0.25) is 14.4 Å². The number of phenolic OH excluding ortho intramolecular Hbond substituents is 1. The highest BCUT2D eigenvalue weighted by Gasteiger charge is 2.16. The predicted octanol–water partition coefficient (Wildman–Crippen LogP) is 4.21. The van der Waals surface area contributed by atoms with Crippen LogP contribution in [0.4, 0.5) is 5.69 Å². The first-order chi connectivity index (χ1) is 16.0. The molecule has 0 saturated carbocycles. The lowest BCUT2D eigenvalue weighted by atomic mass is 10.0. The highest BCUT2D eigenvalue weighted by Crippen LogP contribution is 2.34. The quantitative estimate of drug-likeness (QED) is 0.390. The summed E-state index contributed by atoms with van der Waals surface area (Å²) in [5.74, 6) is -0.137. The Morgan fingerprint density at radius 2 is 2.06 bits per heavy atom. The first kappa shape index (κ1) is 22.0. The van der Waals surface area contributed by atoms with Crippen molar-refractivity contribution in [1.29, 1.82) is 0 Å². The monoisotopic (exact) mass is 527 g/mol. The summed E-state index contributed by atoms with van der Waals surface area (Å²) in [6.45, 7) is 5.08. The number of hydrogen-bond donors (Lipinski definition) is 2. The number of aromatic nitrogens is 3. The van der Waals surface area contributed by atoms with Crippen molar-refractivity contribution < 1.29 is 14.6 Å². The molecule has 0 bridgehead atoms. The lowest BCUT2D eigenvalue weighted by molar-refractivity contribution is 0.0360. The largest absolute Gasteiger partial charge is 0.508 e. The van der Waals surface area contributed by atoms with Gasteiger partial charge in [-0.05, 0) is 45.8 Å². The minimum Gasteiger partial charge on any atom is -0.508 e. The number of hydrogen-bond acceptors (Lipinski definition) is 7. The Bertz CT molecular complexity index is 1300. The van der Waals surface area contributed by atoms with Gasteiger partial charge in [0.25, 0.3) is 5.91 Å². The van der Waals surface area contributed by atoms with Crippen LogP contribution in [0, 0.1) is 0 Å². The molecule has 2 aromatic heterocycles. The van der Waals surface area contributed by atoms with Crippen LogP contribution < -0.4 is 5.32 Å². The van der Waals surface area contributed by atoms with Gasteiger partial charge >= 0.3 is 0 Å². The number of halogens is 1. The molecular formula is C23H22BrN5O3S. The van der Waals surface area contributed by atoms with Crippen LogP contribution in [0.3, 0.4) is 0 Å². The number of phenols is 1. The molecule has 1 fully saturated rings. The Kier molecular flexibility index (Phi) is 6.41. The number of anilines is 1. The van der Waals surface area contributed by atoms with Gasteiger partial charge in [-0.25, -0.2) is 4.98 Å². The van der Waals surface area contributed by atoms with Gasteiger partial charge in [0.15, 0.2) is 3.92 Å². The summed E-state index contributed by atoms with van der Waals surface area (Å²) in [5.41, 5.74) is 3.36. The van der Waals surface area contributed by atoms with E-state index in [1.165, 1.54) is 11.3 Å². The molecule has 5 rings (SSSR count). The number of amides is 1. The fourth-order valence-electron chi connectivity index (χ4n) is 3.86. The van der Waals surface area contributed by atoms with Crippen molar-refractivity contribution in [3.05, 3.63) is 57.6 Å². The van der Waals surface area contributed by atoms with Crippen molar-refractivity contribution in [2.45, 2.75) is 6.54 Å². The SMILES string of the molecule is O=C(Nc1cc2cn(CCN3CCOCC3)nc2cc1-c1cccc(O)c1)c1csc(Br)n1. The maximum absolute atomic E-state index is 12.8. The molecule has 10 heteroatoms. The number of aromatic hydroxyl groups is 1. The third kappa shape index (κ3) is 5.09. The fraction of sp³-hybridized carbons (Fsp3) is 0.261. The van der Waals surface area contributed by atoms with Crippen molar-refractivity contribution in [3.63, 3.8) is 0 Å². The zero-order valence-corrected chi connectivity index (χ0v) is 20.1. The van der Waals surface area contributed by atoms with Crippen molar-refractivity contribution in [2.24, 2.45) is 0 Å². The molecule has 4 aromatic rings. The van der Waals surface area contributed by atoms with Crippen molar-refractivity contribution >= 4 is 49.8 Å². The smallest absolute Gasteiger partial charge is 0.275 e. The van der Waals surface area contributed by atoms with Gasteiger partial charge in [-0.2, -0.15) is 5.10 Å². The summed E-state index contributed by atoms with van der Waals surface area (Å²) < 4.78 is 8.01. The molecule has 170 valence electrons. The maximum atomic E-state index is 12.8. The van der Waals surface area contributed by atoms with Gasteiger partial charge in [0.05, 0.1) is 25.3 Å². The number of carbonyl (C=O) groups excluding carboxylic acids is 1. The van der Waals surface area contributed by atoms with E-state index < -0.39 is 0 Å². The topological polar surface area (TPSA) is 92.5 Å². The second-order valence-electron chi connectivity index (χ2n) is 7.79. The Hall–Kier alpha value is -2.79. The van der Waals surface area contributed by atoms with Crippen LogP contribution in [-0.2, 0) is 11.3 Å². The van der Waals surface area contributed by atoms with E-state index in [-0.39, 0.29) is 11.7 Å². The lowest BCUT2D eigenvalue weighted by Gasteiger charge is -2.26. The molecular weight excluding hydrogens is 506 g/mol. The standard InChI is InChI=1S/C23H22BrN5O3S/c24-23-26-21(14-33-23)22(31)25-20-11-16-13-29(5-4-28-6-8-32-9-7-28)27-19(16)12-18(20)15-2-1-3-17(30)10-15/h1-3,10-14,30H,4-9H2,(H,25,31). The number of fused-ring (bicyclic) bond motifs is 1. The Balaban J connectivity index is 1.47. The zero-order valence-electron chi connectivity index (χ0n) is 17.7. The van der Waals surface area contributed by atoms with Crippen molar-refractivity contribution in [1.82, 2.24) is 19.7 Å². The summed E-state index contributed by atoms with van der Waals surface area (Å²) in [6.07, 6.45) is 2.00. The zero-order chi connectivity index (χ0) is 22.8. The molecule has 1 aliphatic heterocycles. The van der Waals surface area contributed by atoms with Gasteiger partial charge < -0.3 is 15.2 Å². The van der Waals surface area contributed by atoms with E-state index >= 15 is 0 Å². The van der Waals surface area contributed by atoms with Crippen molar-refractivity contribution in [2.75, 3.05) is 38.2 Å². The van der Waals surface area contributed by atoms with Crippen molar-refractivity contribution in [3.8, 4) is 16.9 Å². The molecule has 8 nitrogen and oxygen atoms in total. The van der Waals surface area contributed by atoms with Gasteiger partial charge in [0, 0.05) is 47.8 Å². The number of morpholine rings is 1. The third-order valence-corrected chi connectivity index (χ3v) is 6.92. The van der Waals surface area contributed by atoms with E-state index in [9.17, 15) is 9.90 Å². The number of ether oxygens (including phenoxy) is 1. The Morgan fingerprint density at radius 1 is 1.21 bits per heavy atom. The molecule has 0 aliphatic carbocycles. The molecule has 0 atom stereocenters. The van der Waals surface area contributed by atoms with E-state index in [1.807, 2.05) is 29.1 Å². The highest BCUT2D eigenvalue weighted by atomic mass is 79.9. The van der Waals surface area contributed by atoms with Gasteiger partial charge in [0.1, 0.15) is 11.4 Å². The van der Waals surface area contributed by atoms with E-state index in [0.29, 0.717) is 15.3 Å². The van der Waals surface area contributed by atoms with Crippen LogP contribution in [0.1, 0.15) is 10.5 Å². The predicted molar refractivity (Wildman–Crippen MR) is 132 cm³/mol. The number of benzene rings is 2. The summed E-state index contributed by atoms with van der Waals surface area (Å²) >= 11 is 4.66. The molecule has 3 heterocycles. The molecule has 0 radical (unpaired) electrons. The molecule has 2 N–H and O–H groups in total. The second-order valence-corrected chi connectivity index (χ2v) is 9.93. The first-order valence-corrected chi connectivity index (χ1v) is 12.3. The number of nitrogens with one attached hydrogen (secondary N) is 1. The van der Waals surface area contributed by atoms with Crippen LogP contribution in [-0.4, -0.2) is 63.5 Å². The molecule has 2 aromatic carbocycles. The average Bonchev–Trinajstić information content (AvgIpc) is 3.43. The summed E-state index contributed by atoms with van der Waals surface area (Å²) in [7, 11) is 0. The Morgan fingerprint density at radius 3 is 2.82 bits per heavy atom. The second kappa shape index (κ2) is 9.60. The minimum absolute atomic E-state index is 0.157. The average molecular weight is 528 g/mol. The Labute approximate surface area is 202 Å². The van der Waals surface area contributed by atoms with E-state index in [0.717, 1.165) is 61.4 Å². The van der Waals surface area contributed by atoms with Gasteiger partial charge in [-0.1, -0.05) is 12.1 Å². The summed E-state index contributed by atoms with van der Waals surface area (Å²) in [4.78, 5) is 19.4.